The topological polar surface area (TPSA) is 66.4 Å². The molecule has 1 unspecified atom stereocenters. The summed E-state index contributed by atoms with van der Waals surface area (Å²) in [7, 11) is 0. The predicted octanol–water partition coefficient (Wildman–Crippen LogP) is 2.91. The highest BCUT2D eigenvalue weighted by Crippen LogP contribution is 2.11. The average Bonchev–Trinajstić information content (AvgIpc) is 2.43. The zero-order valence-corrected chi connectivity index (χ0v) is 13.1. The van der Waals surface area contributed by atoms with Crippen molar-refractivity contribution < 1.29 is 14.7 Å². The molecule has 0 aromatic heterocycles. The van der Waals surface area contributed by atoms with Gasteiger partial charge >= 0.3 is 5.97 Å². The Morgan fingerprint density at radius 1 is 1.19 bits per heavy atom. The Labute approximate surface area is 126 Å². The van der Waals surface area contributed by atoms with Gasteiger partial charge in [-0.1, -0.05) is 51.5 Å². The smallest absolute Gasteiger partial charge is 0.305 e. The minimum Gasteiger partial charge on any atom is -0.481 e. The summed E-state index contributed by atoms with van der Waals surface area (Å²) in [6.07, 6.45) is 1.85. The van der Waals surface area contributed by atoms with E-state index in [2.05, 4.69) is 12.2 Å². The van der Waals surface area contributed by atoms with Crippen LogP contribution < -0.4 is 5.32 Å². The van der Waals surface area contributed by atoms with E-state index in [1.807, 2.05) is 26.0 Å². The number of Topliss-reactive ketones (excluding diaryl/α,β-unsaturated/α-hetero) is 1. The van der Waals surface area contributed by atoms with Crippen LogP contribution in [0.3, 0.4) is 0 Å². The highest BCUT2D eigenvalue weighted by Gasteiger charge is 2.22. The largest absolute Gasteiger partial charge is 0.481 e. The van der Waals surface area contributed by atoms with Gasteiger partial charge in [-0.3, -0.25) is 9.59 Å². The van der Waals surface area contributed by atoms with Gasteiger partial charge in [-0.05, 0) is 24.4 Å². The number of hydrogen-bond acceptors (Lipinski definition) is 3. The quantitative estimate of drug-likeness (QED) is 0.687. The SMILES string of the molecule is CCCc1ccc(C(=O)C(CC(=O)O)NCC(C)C)cc1. The van der Waals surface area contributed by atoms with E-state index in [9.17, 15) is 9.59 Å². The lowest BCUT2D eigenvalue weighted by Crippen LogP contribution is -2.40. The second-order valence-electron chi connectivity index (χ2n) is 5.76. The third-order valence-corrected chi connectivity index (χ3v) is 3.24. The van der Waals surface area contributed by atoms with E-state index < -0.39 is 12.0 Å². The van der Waals surface area contributed by atoms with Crippen molar-refractivity contribution in [3.63, 3.8) is 0 Å². The second kappa shape index (κ2) is 8.57. The molecule has 0 fully saturated rings. The van der Waals surface area contributed by atoms with Crippen molar-refractivity contribution in [1.29, 1.82) is 0 Å². The van der Waals surface area contributed by atoms with Crippen LogP contribution in [0.25, 0.3) is 0 Å². The first-order chi connectivity index (χ1) is 9.93. The summed E-state index contributed by atoms with van der Waals surface area (Å²) in [4.78, 5) is 23.4. The van der Waals surface area contributed by atoms with Gasteiger partial charge in [0.25, 0.3) is 0 Å². The molecular formula is C17H25NO3. The summed E-state index contributed by atoms with van der Waals surface area (Å²) >= 11 is 0. The number of aryl methyl sites for hydroxylation is 1. The van der Waals surface area contributed by atoms with Gasteiger partial charge in [-0.2, -0.15) is 0 Å². The molecule has 2 N–H and O–H groups in total. The van der Waals surface area contributed by atoms with Gasteiger partial charge in [0.05, 0.1) is 12.5 Å². The van der Waals surface area contributed by atoms with Crippen LogP contribution >= 0.6 is 0 Å². The standard InChI is InChI=1S/C17H25NO3/c1-4-5-13-6-8-14(9-7-13)17(21)15(10-16(19)20)18-11-12(2)3/h6-9,12,15,18H,4-5,10-11H2,1-3H3,(H,19,20). The Morgan fingerprint density at radius 3 is 2.29 bits per heavy atom. The fraction of sp³-hybridized carbons (Fsp3) is 0.529. The Hall–Kier alpha value is -1.68. The van der Waals surface area contributed by atoms with Crippen molar-refractivity contribution in [2.45, 2.75) is 46.1 Å². The summed E-state index contributed by atoms with van der Waals surface area (Å²) in [6, 6.07) is 6.80. The molecule has 0 aliphatic rings. The minimum atomic E-state index is -0.966. The maximum absolute atomic E-state index is 12.4. The zero-order chi connectivity index (χ0) is 15.8. The first kappa shape index (κ1) is 17.4. The van der Waals surface area contributed by atoms with Gasteiger partial charge in [-0.15, -0.1) is 0 Å². The van der Waals surface area contributed by atoms with Crippen LogP contribution in [0.2, 0.25) is 0 Å². The normalized spacial score (nSPS) is 12.4. The van der Waals surface area contributed by atoms with Gasteiger partial charge in [0.1, 0.15) is 0 Å². The Kier molecular flexibility index (Phi) is 7.09. The molecule has 0 heterocycles. The molecule has 1 aromatic rings. The summed E-state index contributed by atoms with van der Waals surface area (Å²) in [5, 5.41) is 12.0. The third kappa shape index (κ3) is 6.08. The van der Waals surface area contributed by atoms with Gasteiger partial charge < -0.3 is 10.4 Å². The number of benzene rings is 1. The molecule has 1 atom stereocenters. The van der Waals surface area contributed by atoms with Crippen LogP contribution in [-0.4, -0.2) is 29.4 Å². The van der Waals surface area contributed by atoms with Crippen molar-refractivity contribution in [1.82, 2.24) is 5.32 Å². The molecule has 4 nitrogen and oxygen atoms in total. The molecule has 0 spiro atoms. The first-order valence-electron chi connectivity index (χ1n) is 7.52. The van der Waals surface area contributed by atoms with E-state index >= 15 is 0 Å². The predicted molar refractivity (Wildman–Crippen MR) is 83.6 cm³/mol. The van der Waals surface area contributed by atoms with E-state index in [1.165, 1.54) is 5.56 Å². The lowest BCUT2D eigenvalue weighted by Gasteiger charge is -2.17. The second-order valence-corrected chi connectivity index (χ2v) is 5.76. The van der Waals surface area contributed by atoms with Crippen molar-refractivity contribution >= 4 is 11.8 Å². The summed E-state index contributed by atoms with van der Waals surface area (Å²) in [5.41, 5.74) is 1.76. The number of carboxylic acid groups (broad SMARTS) is 1. The van der Waals surface area contributed by atoms with Crippen LogP contribution in [0.5, 0.6) is 0 Å². The number of ketones is 1. The number of nitrogens with one attached hydrogen (secondary N) is 1. The van der Waals surface area contributed by atoms with E-state index in [0.29, 0.717) is 18.0 Å². The fourth-order valence-electron chi connectivity index (χ4n) is 2.14. The summed E-state index contributed by atoms with van der Waals surface area (Å²) in [5.74, 6) is -0.755. The lowest BCUT2D eigenvalue weighted by atomic mass is 9.99. The molecule has 0 aliphatic carbocycles. The molecule has 116 valence electrons. The molecule has 1 aromatic carbocycles. The molecule has 0 saturated carbocycles. The number of carbonyl (C=O) groups is 2. The summed E-state index contributed by atoms with van der Waals surface area (Å²) < 4.78 is 0. The molecule has 4 heteroatoms. The van der Waals surface area contributed by atoms with Crippen LogP contribution in [0.1, 0.15) is 49.5 Å². The molecule has 0 aliphatic heterocycles. The van der Waals surface area contributed by atoms with Crippen molar-refractivity contribution in [2.24, 2.45) is 5.92 Å². The van der Waals surface area contributed by atoms with Crippen LogP contribution in [0.4, 0.5) is 0 Å². The number of rotatable bonds is 9. The van der Waals surface area contributed by atoms with Gasteiger partial charge in [0.15, 0.2) is 5.78 Å². The molecule has 0 radical (unpaired) electrons. The number of hydrogen-bond donors (Lipinski definition) is 2. The molecule has 0 bridgehead atoms. The maximum Gasteiger partial charge on any atom is 0.305 e. The van der Waals surface area contributed by atoms with Crippen molar-refractivity contribution in [3.8, 4) is 0 Å². The highest BCUT2D eigenvalue weighted by atomic mass is 16.4. The lowest BCUT2D eigenvalue weighted by molar-refractivity contribution is -0.137. The first-order valence-corrected chi connectivity index (χ1v) is 7.52. The van der Waals surface area contributed by atoms with Crippen molar-refractivity contribution in [3.05, 3.63) is 35.4 Å². The van der Waals surface area contributed by atoms with Crippen LogP contribution in [0, 0.1) is 5.92 Å². The monoisotopic (exact) mass is 291 g/mol. The van der Waals surface area contributed by atoms with E-state index in [4.69, 9.17) is 5.11 Å². The molecule has 21 heavy (non-hydrogen) atoms. The average molecular weight is 291 g/mol. The maximum atomic E-state index is 12.4. The van der Waals surface area contributed by atoms with Gasteiger partial charge in [0.2, 0.25) is 0 Å². The van der Waals surface area contributed by atoms with Gasteiger partial charge in [-0.25, -0.2) is 0 Å². The zero-order valence-electron chi connectivity index (χ0n) is 13.1. The van der Waals surface area contributed by atoms with Crippen LogP contribution in [-0.2, 0) is 11.2 Å². The number of carboxylic acids is 1. The molecular weight excluding hydrogens is 266 g/mol. The van der Waals surface area contributed by atoms with E-state index in [-0.39, 0.29) is 12.2 Å². The third-order valence-electron chi connectivity index (χ3n) is 3.24. The number of aliphatic carboxylic acids is 1. The van der Waals surface area contributed by atoms with Crippen molar-refractivity contribution in [2.75, 3.05) is 6.54 Å². The van der Waals surface area contributed by atoms with E-state index in [0.717, 1.165) is 12.8 Å². The highest BCUT2D eigenvalue weighted by molar-refractivity contribution is 6.01. The minimum absolute atomic E-state index is 0.152. The Morgan fingerprint density at radius 2 is 1.81 bits per heavy atom. The number of carbonyl (C=O) groups excluding carboxylic acids is 1. The van der Waals surface area contributed by atoms with Crippen LogP contribution in [0.15, 0.2) is 24.3 Å². The van der Waals surface area contributed by atoms with Gasteiger partial charge in [0, 0.05) is 5.56 Å². The molecule has 0 amide bonds. The Balaban J connectivity index is 2.80. The van der Waals surface area contributed by atoms with E-state index in [1.54, 1.807) is 12.1 Å². The molecule has 0 saturated heterocycles. The molecule has 1 rings (SSSR count). The summed E-state index contributed by atoms with van der Waals surface area (Å²) in [6.45, 7) is 6.78. The Bertz CT molecular complexity index is 465. The fourth-order valence-corrected chi connectivity index (χ4v) is 2.14.